The highest BCUT2D eigenvalue weighted by Gasteiger charge is 2.23. The molecule has 0 atom stereocenters. The number of benzene rings is 2. The van der Waals surface area contributed by atoms with Crippen LogP contribution >= 0.6 is 0 Å². The minimum absolute atomic E-state index is 0.0891. The van der Waals surface area contributed by atoms with Crippen LogP contribution in [0.25, 0.3) is 5.57 Å². The summed E-state index contributed by atoms with van der Waals surface area (Å²) in [5.74, 6) is -1.46. The van der Waals surface area contributed by atoms with Crippen molar-refractivity contribution in [1.82, 2.24) is 4.72 Å². The van der Waals surface area contributed by atoms with Crippen molar-refractivity contribution < 1.29 is 23.1 Å². The van der Waals surface area contributed by atoms with Crippen molar-refractivity contribution in [1.29, 1.82) is 0 Å². The predicted octanol–water partition coefficient (Wildman–Crippen LogP) is 5.68. The first kappa shape index (κ1) is 30.2. The Morgan fingerprint density at radius 1 is 0.848 bits per heavy atom. The molecule has 0 aromatic heterocycles. The maximum Gasteiger partial charge on any atom is 0.307 e. The zero-order valence-electron chi connectivity index (χ0n) is 20.9. The Morgan fingerprint density at radius 3 is 1.70 bits per heavy atom. The third-order valence-corrected chi connectivity index (χ3v) is 5.78. The Morgan fingerprint density at radius 2 is 1.30 bits per heavy atom. The molecule has 6 nitrogen and oxygen atoms in total. The van der Waals surface area contributed by atoms with E-state index in [0.29, 0.717) is 16.7 Å². The van der Waals surface area contributed by atoms with Crippen LogP contribution in [0.5, 0.6) is 0 Å². The quantitative estimate of drug-likeness (QED) is 0.502. The first-order chi connectivity index (χ1) is 15.4. The van der Waals surface area contributed by atoms with Gasteiger partial charge in [0.05, 0.1) is 11.3 Å². The summed E-state index contributed by atoms with van der Waals surface area (Å²) in [5.41, 5.74) is 1.26. The molecule has 0 heterocycles. The lowest BCUT2D eigenvalue weighted by atomic mass is 9.90. The first-order valence-corrected chi connectivity index (χ1v) is 12.5. The fraction of sp³-hybridized carbons (Fsp3) is 0.385. The summed E-state index contributed by atoms with van der Waals surface area (Å²) in [6.45, 7) is 14.6. The molecule has 0 aliphatic heterocycles. The van der Waals surface area contributed by atoms with Crippen molar-refractivity contribution in [2.75, 3.05) is 0 Å². The van der Waals surface area contributed by atoms with Crippen molar-refractivity contribution in [3.05, 3.63) is 71.3 Å². The molecule has 0 amide bonds. The number of rotatable bonds is 7. The van der Waals surface area contributed by atoms with Gasteiger partial charge in [-0.25, -0.2) is 13.1 Å². The summed E-state index contributed by atoms with van der Waals surface area (Å²) in [6, 6.07) is 15.0. The molecule has 0 spiro atoms. The van der Waals surface area contributed by atoms with Crippen LogP contribution < -0.4 is 4.72 Å². The predicted molar refractivity (Wildman–Crippen MR) is 135 cm³/mol. The Balaban J connectivity index is 0.00000242. The molecule has 0 unspecified atom stereocenters. The van der Waals surface area contributed by atoms with Crippen molar-refractivity contribution in [2.24, 2.45) is 0 Å². The highest BCUT2D eigenvalue weighted by molar-refractivity contribution is 7.89. The molecular formula is C26H37NO5S. The van der Waals surface area contributed by atoms with Crippen LogP contribution in [-0.2, 0) is 19.6 Å². The van der Waals surface area contributed by atoms with E-state index in [1.807, 2.05) is 33.8 Å². The van der Waals surface area contributed by atoms with Gasteiger partial charge in [0.15, 0.2) is 5.78 Å². The molecule has 0 saturated heterocycles. The van der Waals surface area contributed by atoms with Crippen LogP contribution in [0.15, 0.2) is 65.1 Å². The van der Waals surface area contributed by atoms with Gasteiger partial charge < -0.3 is 5.11 Å². The van der Waals surface area contributed by atoms with Gasteiger partial charge in [-0.1, -0.05) is 70.2 Å². The fourth-order valence-corrected chi connectivity index (χ4v) is 4.34. The smallest absolute Gasteiger partial charge is 0.307 e. The maximum atomic E-state index is 12.5. The van der Waals surface area contributed by atoms with Crippen molar-refractivity contribution in [3.8, 4) is 0 Å². The van der Waals surface area contributed by atoms with E-state index in [1.165, 1.54) is 19.1 Å². The summed E-state index contributed by atoms with van der Waals surface area (Å²) < 4.78 is 27.7. The van der Waals surface area contributed by atoms with Gasteiger partial charge in [0.25, 0.3) is 0 Å². The Kier molecular flexibility index (Phi) is 12.6. The lowest BCUT2D eigenvalue weighted by Crippen LogP contribution is -2.40. The van der Waals surface area contributed by atoms with Crippen molar-refractivity contribution >= 4 is 27.3 Å². The van der Waals surface area contributed by atoms with E-state index in [-0.39, 0.29) is 16.3 Å². The van der Waals surface area contributed by atoms with Crippen LogP contribution in [0.1, 0.15) is 72.9 Å². The average molecular weight is 476 g/mol. The zero-order chi connectivity index (χ0) is 25.8. The van der Waals surface area contributed by atoms with Crippen LogP contribution in [0.3, 0.4) is 0 Å². The molecule has 7 heteroatoms. The molecule has 0 saturated carbocycles. The summed E-state index contributed by atoms with van der Waals surface area (Å²) in [6.07, 6.45) is -0.425. The van der Waals surface area contributed by atoms with Gasteiger partial charge in [0.1, 0.15) is 0 Å². The van der Waals surface area contributed by atoms with E-state index in [4.69, 9.17) is 0 Å². The third-order valence-electron chi connectivity index (χ3n) is 4.01. The van der Waals surface area contributed by atoms with Crippen molar-refractivity contribution in [2.45, 2.75) is 72.2 Å². The standard InChI is InChI=1S/C22H25NO5S.2C2H6/c1-15(24)19(14-20(25)26)21(16-8-6-5-7-9-16)17-10-12-18(13-11-17)29(27,28)23-22(2,3)4;2*1-2/h5-13,23H,14H2,1-4H3,(H,25,26);2*1-2H3/b21-19+;;. The van der Waals surface area contributed by atoms with Crippen molar-refractivity contribution in [3.63, 3.8) is 0 Å². The first-order valence-electron chi connectivity index (χ1n) is 11.1. The summed E-state index contributed by atoms with van der Waals surface area (Å²) >= 11 is 0. The summed E-state index contributed by atoms with van der Waals surface area (Å²) in [4.78, 5) is 23.6. The van der Waals surface area contributed by atoms with Crippen LogP contribution in [0, 0.1) is 0 Å². The molecule has 0 aliphatic rings. The molecule has 0 aliphatic carbocycles. The largest absolute Gasteiger partial charge is 0.481 e. The number of hydrogen-bond acceptors (Lipinski definition) is 4. The number of hydrogen-bond donors (Lipinski definition) is 2. The minimum Gasteiger partial charge on any atom is -0.481 e. The lowest BCUT2D eigenvalue weighted by Gasteiger charge is -2.20. The fourth-order valence-electron chi connectivity index (χ4n) is 2.92. The molecule has 0 fully saturated rings. The third kappa shape index (κ3) is 9.72. The average Bonchev–Trinajstić information content (AvgIpc) is 2.75. The van der Waals surface area contributed by atoms with Gasteiger partial charge in [-0.2, -0.15) is 0 Å². The normalized spacial score (nSPS) is 11.8. The molecule has 2 aromatic carbocycles. The molecule has 2 rings (SSSR count). The number of ketones is 1. The molecule has 0 bridgehead atoms. The SMILES string of the molecule is CC.CC.CC(=O)/C(CC(=O)O)=C(\c1ccccc1)c1ccc(S(=O)(=O)NC(C)(C)C)cc1. The number of carboxylic acid groups (broad SMARTS) is 1. The second-order valence-electron chi connectivity index (χ2n) is 7.73. The summed E-state index contributed by atoms with van der Waals surface area (Å²) in [5, 5.41) is 9.26. The number of sulfonamides is 1. The summed E-state index contributed by atoms with van der Waals surface area (Å²) in [7, 11) is -3.71. The number of carbonyl (C=O) groups is 2. The molecular weight excluding hydrogens is 438 g/mol. The number of aliphatic carboxylic acids is 1. The van der Waals surface area contributed by atoms with Gasteiger partial charge >= 0.3 is 5.97 Å². The number of nitrogens with one attached hydrogen (secondary N) is 1. The van der Waals surface area contributed by atoms with Crippen LogP contribution in [0.2, 0.25) is 0 Å². The van der Waals surface area contributed by atoms with E-state index in [1.54, 1.807) is 57.2 Å². The molecule has 182 valence electrons. The zero-order valence-corrected chi connectivity index (χ0v) is 21.7. The lowest BCUT2D eigenvalue weighted by molar-refractivity contribution is -0.136. The van der Waals surface area contributed by atoms with Crippen LogP contribution in [0.4, 0.5) is 0 Å². The molecule has 2 aromatic rings. The maximum absolute atomic E-state index is 12.5. The highest BCUT2D eigenvalue weighted by atomic mass is 32.2. The van der Waals surface area contributed by atoms with E-state index in [2.05, 4.69) is 4.72 Å². The van der Waals surface area contributed by atoms with Crippen LogP contribution in [-0.4, -0.2) is 30.8 Å². The van der Waals surface area contributed by atoms with Gasteiger partial charge in [0.2, 0.25) is 10.0 Å². The minimum atomic E-state index is -3.71. The number of carboxylic acids is 1. The van der Waals surface area contributed by atoms with Gasteiger partial charge in [0, 0.05) is 11.1 Å². The van der Waals surface area contributed by atoms with Gasteiger partial charge in [-0.05, 0) is 56.5 Å². The van der Waals surface area contributed by atoms with Gasteiger partial charge in [-0.3, -0.25) is 9.59 Å². The second-order valence-corrected chi connectivity index (χ2v) is 9.41. The topological polar surface area (TPSA) is 101 Å². The molecule has 33 heavy (non-hydrogen) atoms. The Hall–Kier alpha value is -2.77. The highest BCUT2D eigenvalue weighted by Crippen LogP contribution is 2.30. The van der Waals surface area contributed by atoms with Gasteiger partial charge in [-0.15, -0.1) is 0 Å². The van der Waals surface area contributed by atoms with E-state index < -0.39 is 28.0 Å². The van der Waals surface area contributed by atoms with E-state index in [9.17, 15) is 23.1 Å². The Bertz CT molecular complexity index is 1030. The molecule has 0 radical (unpaired) electrons. The van der Waals surface area contributed by atoms with E-state index >= 15 is 0 Å². The van der Waals surface area contributed by atoms with E-state index in [0.717, 1.165) is 0 Å². The monoisotopic (exact) mass is 475 g/mol. The molecule has 2 N–H and O–H groups in total. The number of carbonyl (C=O) groups excluding carboxylic acids is 1. The number of Topliss-reactive ketones (excluding diaryl/α,β-unsaturated/α-hetero) is 1. The second kappa shape index (κ2) is 13.7. The Labute approximate surface area is 198 Å².